The lowest BCUT2D eigenvalue weighted by molar-refractivity contribution is -0.136. The lowest BCUT2D eigenvalue weighted by Crippen LogP contribution is -2.18. The third-order valence-corrected chi connectivity index (χ3v) is 4.19. The van der Waals surface area contributed by atoms with Gasteiger partial charge in [-0.15, -0.1) is 0 Å². The molecule has 0 radical (unpaired) electrons. The molecule has 3 aromatic carbocycles. The minimum Gasteiger partial charge on any atom is -0.482 e. The lowest BCUT2D eigenvalue weighted by Gasteiger charge is -2.10. The molecule has 0 saturated carbocycles. The first-order chi connectivity index (χ1) is 11.5. The summed E-state index contributed by atoms with van der Waals surface area (Å²) in [6.45, 7) is 3.81. The van der Waals surface area contributed by atoms with Crippen molar-refractivity contribution < 1.29 is 14.3 Å². The number of carbonyl (C=O) groups is 1. The van der Waals surface area contributed by atoms with E-state index in [4.69, 9.17) is 9.47 Å². The molecule has 0 heterocycles. The Labute approximate surface area is 149 Å². The van der Waals surface area contributed by atoms with Crippen molar-refractivity contribution in [1.82, 2.24) is 0 Å². The van der Waals surface area contributed by atoms with E-state index in [-0.39, 0.29) is 6.61 Å². The number of aryl methyl sites for hydroxylation is 2. The van der Waals surface area contributed by atoms with Gasteiger partial charge in [0, 0.05) is 4.47 Å². The predicted molar refractivity (Wildman–Crippen MR) is 98.7 cm³/mol. The molecule has 24 heavy (non-hydrogen) atoms. The second kappa shape index (κ2) is 7.05. The Hall–Kier alpha value is -2.33. The number of benzene rings is 3. The molecule has 0 aliphatic carbocycles. The van der Waals surface area contributed by atoms with Crippen LogP contribution in [0.25, 0.3) is 10.8 Å². The summed E-state index contributed by atoms with van der Waals surface area (Å²) in [5.74, 6) is 0.794. The van der Waals surface area contributed by atoms with E-state index in [0.717, 1.165) is 26.4 Å². The van der Waals surface area contributed by atoms with Crippen molar-refractivity contribution in [3.05, 3.63) is 70.2 Å². The van der Waals surface area contributed by atoms with Crippen LogP contribution >= 0.6 is 15.9 Å². The number of hydrogen-bond donors (Lipinski definition) is 0. The van der Waals surface area contributed by atoms with Gasteiger partial charge in [0.2, 0.25) is 0 Å². The van der Waals surface area contributed by atoms with Crippen LogP contribution in [-0.4, -0.2) is 12.6 Å². The first-order valence-corrected chi connectivity index (χ1v) is 8.40. The van der Waals surface area contributed by atoms with Crippen LogP contribution in [0.5, 0.6) is 11.5 Å². The Morgan fingerprint density at radius 2 is 1.71 bits per heavy atom. The third-order valence-electron chi connectivity index (χ3n) is 3.69. The zero-order valence-corrected chi connectivity index (χ0v) is 15.1. The fraction of sp³-hybridized carbons (Fsp3) is 0.150. The van der Waals surface area contributed by atoms with E-state index in [1.54, 1.807) is 6.07 Å². The highest BCUT2D eigenvalue weighted by atomic mass is 79.9. The lowest BCUT2D eigenvalue weighted by atomic mass is 10.1. The standard InChI is InChI=1S/C20H17BrO3/c1-13-3-4-14(2)19(9-13)23-12-20(22)24-18-8-6-15-10-17(21)7-5-16(15)11-18/h3-11H,12H2,1-2H3. The molecule has 0 amide bonds. The van der Waals surface area contributed by atoms with Crippen LogP contribution in [0.2, 0.25) is 0 Å². The molecule has 3 rings (SSSR count). The molecule has 0 N–H and O–H groups in total. The summed E-state index contributed by atoms with van der Waals surface area (Å²) in [7, 11) is 0. The van der Waals surface area contributed by atoms with Crippen molar-refractivity contribution in [2.45, 2.75) is 13.8 Å². The summed E-state index contributed by atoms with van der Waals surface area (Å²) < 4.78 is 12.0. The summed E-state index contributed by atoms with van der Waals surface area (Å²) >= 11 is 3.44. The molecular formula is C20H17BrO3. The molecule has 0 atom stereocenters. The number of hydrogen-bond acceptors (Lipinski definition) is 3. The summed E-state index contributed by atoms with van der Waals surface area (Å²) in [6.07, 6.45) is 0. The molecule has 4 heteroatoms. The normalized spacial score (nSPS) is 10.6. The van der Waals surface area contributed by atoms with Crippen LogP contribution in [-0.2, 0) is 4.79 Å². The largest absolute Gasteiger partial charge is 0.482 e. The summed E-state index contributed by atoms with van der Waals surface area (Å²) in [5, 5.41) is 2.09. The van der Waals surface area contributed by atoms with E-state index >= 15 is 0 Å². The first kappa shape index (κ1) is 16.5. The molecule has 0 bridgehead atoms. The Morgan fingerprint density at radius 3 is 2.54 bits per heavy atom. The Morgan fingerprint density at radius 1 is 0.958 bits per heavy atom. The van der Waals surface area contributed by atoms with Gasteiger partial charge in [0.05, 0.1) is 0 Å². The molecule has 0 fully saturated rings. The number of rotatable bonds is 4. The Kier molecular flexibility index (Phi) is 4.86. The number of fused-ring (bicyclic) bond motifs is 1. The van der Waals surface area contributed by atoms with Crippen molar-refractivity contribution in [3.63, 3.8) is 0 Å². The zero-order chi connectivity index (χ0) is 17.1. The van der Waals surface area contributed by atoms with Crippen molar-refractivity contribution in [2.24, 2.45) is 0 Å². The van der Waals surface area contributed by atoms with E-state index < -0.39 is 5.97 Å². The fourth-order valence-corrected chi connectivity index (χ4v) is 2.80. The fourth-order valence-electron chi connectivity index (χ4n) is 2.42. The van der Waals surface area contributed by atoms with E-state index in [1.807, 2.05) is 62.4 Å². The highest BCUT2D eigenvalue weighted by Crippen LogP contribution is 2.24. The molecule has 0 aliphatic rings. The van der Waals surface area contributed by atoms with Crippen LogP contribution in [0.1, 0.15) is 11.1 Å². The van der Waals surface area contributed by atoms with Crippen molar-refractivity contribution in [3.8, 4) is 11.5 Å². The molecule has 0 unspecified atom stereocenters. The molecule has 0 aliphatic heterocycles. The molecule has 0 saturated heterocycles. The highest BCUT2D eigenvalue weighted by Gasteiger charge is 2.08. The van der Waals surface area contributed by atoms with Gasteiger partial charge in [0.15, 0.2) is 6.61 Å². The highest BCUT2D eigenvalue weighted by molar-refractivity contribution is 9.10. The van der Waals surface area contributed by atoms with Gasteiger partial charge >= 0.3 is 5.97 Å². The van der Waals surface area contributed by atoms with E-state index in [0.29, 0.717) is 11.5 Å². The maximum absolute atomic E-state index is 12.0. The molecule has 122 valence electrons. The van der Waals surface area contributed by atoms with E-state index in [1.165, 1.54) is 0 Å². The van der Waals surface area contributed by atoms with Crippen LogP contribution in [0.4, 0.5) is 0 Å². The monoisotopic (exact) mass is 384 g/mol. The van der Waals surface area contributed by atoms with E-state index in [2.05, 4.69) is 15.9 Å². The summed E-state index contributed by atoms with van der Waals surface area (Å²) in [6, 6.07) is 17.4. The average Bonchev–Trinajstić information content (AvgIpc) is 2.56. The Balaban J connectivity index is 1.66. The number of halogens is 1. The maximum Gasteiger partial charge on any atom is 0.349 e. The number of esters is 1. The number of carbonyl (C=O) groups excluding carboxylic acids is 1. The second-order valence-electron chi connectivity index (χ2n) is 5.68. The molecular weight excluding hydrogens is 368 g/mol. The molecule has 0 aromatic heterocycles. The SMILES string of the molecule is Cc1ccc(C)c(OCC(=O)Oc2ccc3cc(Br)ccc3c2)c1. The molecule has 0 spiro atoms. The van der Waals surface area contributed by atoms with E-state index in [9.17, 15) is 4.79 Å². The van der Waals surface area contributed by atoms with Gasteiger partial charge in [-0.2, -0.15) is 0 Å². The van der Waals surface area contributed by atoms with Crippen molar-refractivity contribution in [2.75, 3.05) is 6.61 Å². The van der Waals surface area contributed by atoms with Crippen LogP contribution in [0.3, 0.4) is 0 Å². The predicted octanol–water partition coefficient (Wildman–Crippen LogP) is 5.20. The van der Waals surface area contributed by atoms with Gasteiger partial charge in [0.25, 0.3) is 0 Å². The quantitative estimate of drug-likeness (QED) is 0.457. The second-order valence-corrected chi connectivity index (χ2v) is 6.60. The van der Waals surface area contributed by atoms with Gasteiger partial charge in [0.1, 0.15) is 11.5 Å². The average molecular weight is 385 g/mol. The van der Waals surface area contributed by atoms with Gasteiger partial charge in [-0.3, -0.25) is 0 Å². The van der Waals surface area contributed by atoms with Gasteiger partial charge in [-0.25, -0.2) is 4.79 Å². The third kappa shape index (κ3) is 3.95. The van der Waals surface area contributed by atoms with Gasteiger partial charge in [-0.1, -0.05) is 40.2 Å². The minimum absolute atomic E-state index is 0.122. The smallest absolute Gasteiger partial charge is 0.349 e. The molecule has 3 aromatic rings. The van der Waals surface area contributed by atoms with Gasteiger partial charge in [-0.05, 0) is 66.1 Å². The Bertz CT molecular complexity index is 903. The summed E-state index contributed by atoms with van der Waals surface area (Å²) in [5.41, 5.74) is 2.08. The van der Waals surface area contributed by atoms with Crippen LogP contribution in [0.15, 0.2) is 59.1 Å². The minimum atomic E-state index is -0.424. The summed E-state index contributed by atoms with van der Waals surface area (Å²) in [4.78, 5) is 12.0. The van der Waals surface area contributed by atoms with Crippen molar-refractivity contribution >= 4 is 32.7 Å². The van der Waals surface area contributed by atoms with Gasteiger partial charge < -0.3 is 9.47 Å². The topological polar surface area (TPSA) is 35.5 Å². The van der Waals surface area contributed by atoms with Crippen LogP contribution in [0, 0.1) is 13.8 Å². The first-order valence-electron chi connectivity index (χ1n) is 7.61. The van der Waals surface area contributed by atoms with Crippen molar-refractivity contribution in [1.29, 1.82) is 0 Å². The zero-order valence-electron chi connectivity index (χ0n) is 13.5. The maximum atomic E-state index is 12.0. The molecule has 3 nitrogen and oxygen atoms in total. The number of ether oxygens (including phenoxy) is 2. The van der Waals surface area contributed by atoms with Crippen LogP contribution < -0.4 is 9.47 Å².